The second-order valence-electron chi connectivity index (χ2n) is 2.98. The normalized spacial score (nSPS) is 15.2. The maximum Gasteiger partial charge on any atom is 0.308 e. The van der Waals surface area contributed by atoms with Crippen LogP contribution in [0, 0.1) is 4.91 Å². The van der Waals surface area contributed by atoms with E-state index >= 15 is 0 Å². The maximum atomic E-state index is 11.3. The topological polar surface area (TPSA) is 111 Å². The zero-order valence-corrected chi connectivity index (χ0v) is 7.34. The molecule has 2 rings (SSSR count). The monoisotopic (exact) mass is 211 g/mol. The Morgan fingerprint density at radius 1 is 1.07 bits per heavy atom. The lowest BCUT2D eigenvalue weighted by molar-refractivity contribution is 0.0696. The maximum absolute atomic E-state index is 11.3. The summed E-state index contributed by atoms with van der Waals surface area (Å²) in [6, 6.07) is 0. The van der Waals surface area contributed by atoms with Crippen LogP contribution < -0.4 is 5.56 Å². The standard InChI is InChI=1S/C7H5N3O5/c11-3-1-2-4(12)10-7(14)5(8-15)6(13)9(3)10/h13H,1-2H2. The molecule has 78 valence electrons. The van der Waals surface area contributed by atoms with Gasteiger partial charge in [-0.2, -0.15) is 9.36 Å². The van der Waals surface area contributed by atoms with Gasteiger partial charge in [-0.1, -0.05) is 0 Å². The number of fused-ring (bicyclic) bond motifs is 1. The van der Waals surface area contributed by atoms with E-state index in [-0.39, 0.29) is 12.8 Å². The largest absolute Gasteiger partial charge is 0.491 e. The van der Waals surface area contributed by atoms with E-state index in [1.165, 1.54) is 0 Å². The van der Waals surface area contributed by atoms with Gasteiger partial charge < -0.3 is 5.11 Å². The summed E-state index contributed by atoms with van der Waals surface area (Å²) in [6.07, 6.45) is -0.237. The molecule has 1 aliphatic heterocycles. The molecule has 0 unspecified atom stereocenters. The summed E-state index contributed by atoms with van der Waals surface area (Å²) in [5, 5.41) is 11.6. The lowest BCUT2D eigenvalue weighted by Crippen LogP contribution is -2.37. The second-order valence-corrected chi connectivity index (χ2v) is 2.98. The van der Waals surface area contributed by atoms with Gasteiger partial charge in [0.1, 0.15) is 0 Å². The second kappa shape index (κ2) is 2.87. The van der Waals surface area contributed by atoms with Crippen molar-refractivity contribution in [2.24, 2.45) is 5.18 Å². The molecule has 0 saturated carbocycles. The van der Waals surface area contributed by atoms with Crippen molar-refractivity contribution in [3.63, 3.8) is 0 Å². The molecule has 0 radical (unpaired) electrons. The molecule has 0 bridgehead atoms. The van der Waals surface area contributed by atoms with E-state index in [2.05, 4.69) is 5.18 Å². The minimum absolute atomic E-state index is 0.112. The third kappa shape index (κ3) is 1.04. The number of aromatic nitrogens is 2. The first-order chi connectivity index (χ1) is 7.07. The summed E-state index contributed by atoms with van der Waals surface area (Å²) in [7, 11) is 0. The van der Waals surface area contributed by atoms with Crippen LogP contribution in [0.3, 0.4) is 0 Å². The Balaban J connectivity index is 2.88. The molecule has 2 heterocycles. The Morgan fingerprint density at radius 3 is 2.07 bits per heavy atom. The molecule has 0 aliphatic carbocycles. The van der Waals surface area contributed by atoms with E-state index in [9.17, 15) is 24.4 Å². The molecule has 0 fully saturated rings. The molecular weight excluding hydrogens is 206 g/mol. The van der Waals surface area contributed by atoms with E-state index in [4.69, 9.17) is 0 Å². The van der Waals surface area contributed by atoms with Crippen molar-refractivity contribution in [2.75, 3.05) is 0 Å². The lowest BCUT2D eigenvalue weighted by atomic mass is 10.2. The van der Waals surface area contributed by atoms with Crippen molar-refractivity contribution in [2.45, 2.75) is 12.8 Å². The first-order valence-electron chi connectivity index (χ1n) is 4.04. The van der Waals surface area contributed by atoms with Crippen LogP contribution in [0.4, 0.5) is 5.69 Å². The molecule has 0 amide bonds. The van der Waals surface area contributed by atoms with Crippen molar-refractivity contribution < 1.29 is 14.7 Å². The zero-order valence-electron chi connectivity index (χ0n) is 7.34. The molecule has 0 atom stereocenters. The zero-order chi connectivity index (χ0) is 11.2. The molecular formula is C7H5N3O5. The summed E-state index contributed by atoms with van der Waals surface area (Å²) >= 11 is 0. The fourth-order valence-electron chi connectivity index (χ4n) is 1.44. The van der Waals surface area contributed by atoms with Crippen LogP contribution in [0.2, 0.25) is 0 Å². The van der Waals surface area contributed by atoms with Gasteiger partial charge in [0.2, 0.25) is 23.4 Å². The number of hydrogen-bond donors (Lipinski definition) is 1. The molecule has 0 saturated heterocycles. The Bertz CT molecular complexity index is 538. The highest BCUT2D eigenvalue weighted by molar-refractivity contribution is 5.93. The van der Waals surface area contributed by atoms with Gasteiger partial charge in [-0.15, -0.1) is 4.91 Å². The van der Waals surface area contributed by atoms with Gasteiger partial charge >= 0.3 is 5.56 Å². The highest BCUT2D eigenvalue weighted by Crippen LogP contribution is 2.25. The quantitative estimate of drug-likeness (QED) is 0.648. The van der Waals surface area contributed by atoms with E-state index in [1.54, 1.807) is 0 Å². The first-order valence-corrected chi connectivity index (χ1v) is 4.04. The third-order valence-electron chi connectivity index (χ3n) is 2.12. The third-order valence-corrected chi connectivity index (χ3v) is 2.12. The van der Waals surface area contributed by atoms with Crippen molar-refractivity contribution in [1.29, 1.82) is 0 Å². The van der Waals surface area contributed by atoms with Gasteiger partial charge in [0.15, 0.2) is 0 Å². The number of nitroso groups, excluding NO2 is 1. The predicted octanol–water partition coefficient (Wildman–Crippen LogP) is -0.172. The minimum Gasteiger partial charge on any atom is -0.491 e. The van der Waals surface area contributed by atoms with E-state index < -0.39 is 28.9 Å². The number of nitrogens with zero attached hydrogens (tertiary/aromatic N) is 3. The Morgan fingerprint density at radius 2 is 1.60 bits per heavy atom. The smallest absolute Gasteiger partial charge is 0.308 e. The van der Waals surface area contributed by atoms with Crippen LogP contribution in [0.1, 0.15) is 22.4 Å². The van der Waals surface area contributed by atoms with Crippen LogP contribution in [-0.2, 0) is 0 Å². The lowest BCUT2D eigenvalue weighted by Gasteiger charge is -2.13. The molecule has 15 heavy (non-hydrogen) atoms. The van der Waals surface area contributed by atoms with Crippen LogP contribution in [0.15, 0.2) is 9.97 Å². The van der Waals surface area contributed by atoms with Gasteiger partial charge in [0, 0.05) is 12.8 Å². The summed E-state index contributed by atoms with van der Waals surface area (Å²) in [5.41, 5.74) is -1.89. The first kappa shape index (κ1) is 9.31. The molecule has 1 aromatic rings. The van der Waals surface area contributed by atoms with Gasteiger partial charge in [-0.05, 0) is 5.18 Å². The van der Waals surface area contributed by atoms with Crippen LogP contribution in [0.25, 0.3) is 0 Å². The van der Waals surface area contributed by atoms with Crippen molar-refractivity contribution in [1.82, 2.24) is 9.36 Å². The van der Waals surface area contributed by atoms with E-state index in [0.29, 0.717) is 9.36 Å². The SMILES string of the molecule is O=Nc1c(O)n2n(c1=O)C(=O)CCC2=O. The van der Waals surface area contributed by atoms with Crippen LogP contribution in [-0.4, -0.2) is 26.3 Å². The van der Waals surface area contributed by atoms with Crippen molar-refractivity contribution in [3.8, 4) is 5.88 Å². The van der Waals surface area contributed by atoms with Gasteiger partial charge in [0.25, 0.3) is 0 Å². The fourth-order valence-corrected chi connectivity index (χ4v) is 1.44. The van der Waals surface area contributed by atoms with E-state index in [1.807, 2.05) is 0 Å². The number of hydrogen-bond acceptors (Lipinski definition) is 6. The number of rotatable bonds is 1. The molecule has 1 aromatic heterocycles. The Kier molecular flexibility index (Phi) is 1.78. The summed E-state index contributed by atoms with van der Waals surface area (Å²) in [6.45, 7) is 0. The summed E-state index contributed by atoms with van der Waals surface area (Å²) < 4.78 is 0.906. The van der Waals surface area contributed by atoms with Gasteiger partial charge in [-0.25, -0.2) is 0 Å². The molecule has 0 spiro atoms. The van der Waals surface area contributed by atoms with Gasteiger partial charge in [0.05, 0.1) is 0 Å². The minimum atomic E-state index is -1.07. The average molecular weight is 211 g/mol. The number of carbonyl (C=O) groups is 2. The molecule has 8 heteroatoms. The predicted molar refractivity (Wildman–Crippen MR) is 46.3 cm³/mol. The van der Waals surface area contributed by atoms with Crippen molar-refractivity contribution >= 4 is 17.5 Å². The summed E-state index contributed by atoms with van der Waals surface area (Å²) in [4.78, 5) is 44.1. The summed E-state index contributed by atoms with van der Waals surface area (Å²) in [5.74, 6) is -2.16. The van der Waals surface area contributed by atoms with E-state index in [0.717, 1.165) is 0 Å². The average Bonchev–Trinajstić information content (AvgIpc) is 2.46. The van der Waals surface area contributed by atoms with Crippen LogP contribution >= 0.6 is 0 Å². The highest BCUT2D eigenvalue weighted by atomic mass is 16.3. The molecule has 0 aromatic carbocycles. The Labute approximate surface area is 81.7 Å². The van der Waals surface area contributed by atoms with Gasteiger partial charge in [-0.3, -0.25) is 14.4 Å². The number of aromatic hydroxyl groups is 1. The van der Waals surface area contributed by atoms with Crippen molar-refractivity contribution in [3.05, 3.63) is 15.3 Å². The molecule has 1 N–H and O–H groups in total. The fraction of sp³-hybridized carbons (Fsp3) is 0.286. The molecule has 8 nitrogen and oxygen atoms in total. The highest BCUT2D eigenvalue weighted by Gasteiger charge is 2.31. The Hall–Kier alpha value is -2.25. The number of carbonyl (C=O) groups excluding carboxylic acids is 2. The van der Waals surface area contributed by atoms with Crippen LogP contribution in [0.5, 0.6) is 5.88 Å². The molecule has 1 aliphatic rings.